The molecule has 8 nitrogen and oxygen atoms in total. The summed E-state index contributed by atoms with van der Waals surface area (Å²) in [5.74, 6) is 2.54. The Kier molecular flexibility index (Phi) is 7.39. The van der Waals surface area contributed by atoms with Gasteiger partial charge in [-0.25, -0.2) is 9.97 Å². The highest BCUT2D eigenvalue weighted by atomic mass is 16.5. The van der Waals surface area contributed by atoms with Gasteiger partial charge in [0.25, 0.3) is 0 Å². The van der Waals surface area contributed by atoms with E-state index in [9.17, 15) is 4.79 Å². The van der Waals surface area contributed by atoms with Crippen molar-refractivity contribution < 1.29 is 9.53 Å². The van der Waals surface area contributed by atoms with Gasteiger partial charge in [-0.15, -0.1) is 0 Å². The summed E-state index contributed by atoms with van der Waals surface area (Å²) in [4.78, 5) is 22.7. The number of aromatic nitrogens is 2. The van der Waals surface area contributed by atoms with Crippen molar-refractivity contribution >= 4 is 17.5 Å². The van der Waals surface area contributed by atoms with Crippen LogP contribution in [0.5, 0.6) is 11.5 Å². The zero-order valence-electron chi connectivity index (χ0n) is 19.4. The minimum Gasteiger partial charge on any atom is -0.457 e. The normalized spacial score (nSPS) is 17.4. The predicted octanol–water partition coefficient (Wildman–Crippen LogP) is 3.70. The average molecular weight is 459 g/mol. The van der Waals surface area contributed by atoms with E-state index in [0.29, 0.717) is 11.6 Å². The molecule has 1 amide bonds. The molecule has 0 saturated heterocycles. The van der Waals surface area contributed by atoms with Crippen molar-refractivity contribution in [1.29, 1.82) is 0 Å². The lowest BCUT2D eigenvalue weighted by molar-refractivity contribution is -0.117. The van der Waals surface area contributed by atoms with E-state index in [4.69, 9.17) is 10.5 Å². The van der Waals surface area contributed by atoms with Gasteiger partial charge in [0.2, 0.25) is 5.91 Å². The second-order valence-corrected chi connectivity index (χ2v) is 8.60. The molecule has 1 heterocycles. The zero-order chi connectivity index (χ0) is 23.9. The fraction of sp³-hybridized carbons (Fsp3) is 0.269. The minimum absolute atomic E-state index is 0.0601. The summed E-state index contributed by atoms with van der Waals surface area (Å²) < 4.78 is 5.88. The van der Waals surface area contributed by atoms with Crippen LogP contribution >= 0.6 is 0 Å². The van der Waals surface area contributed by atoms with Crippen molar-refractivity contribution in [1.82, 2.24) is 20.2 Å². The molecule has 0 spiro atoms. The van der Waals surface area contributed by atoms with Crippen LogP contribution in [-0.2, 0) is 4.79 Å². The van der Waals surface area contributed by atoms with Gasteiger partial charge in [0, 0.05) is 24.7 Å². The fourth-order valence-corrected chi connectivity index (χ4v) is 3.77. The summed E-state index contributed by atoms with van der Waals surface area (Å²) in [5.41, 5.74) is 7.88. The third-order valence-electron chi connectivity index (χ3n) is 5.56. The number of carbonyl (C=O) groups excluding carboxylic acids is 1. The van der Waals surface area contributed by atoms with Crippen LogP contribution in [0.25, 0.3) is 11.1 Å². The van der Waals surface area contributed by atoms with Crippen LogP contribution in [-0.4, -0.2) is 53.5 Å². The van der Waals surface area contributed by atoms with Gasteiger partial charge in [0.05, 0.1) is 5.56 Å². The van der Waals surface area contributed by atoms with E-state index in [-0.39, 0.29) is 18.0 Å². The number of nitrogens with one attached hydrogen (secondary N) is 2. The maximum absolute atomic E-state index is 12.0. The van der Waals surface area contributed by atoms with Gasteiger partial charge in [0.1, 0.15) is 29.5 Å². The van der Waals surface area contributed by atoms with Crippen molar-refractivity contribution in [3.05, 3.63) is 73.1 Å². The Morgan fingerprint density at radius 1 is 1.06 bits per heavy atom. The lowest BCUT2D eigenvalue weighted by Crippen LogP contribution is -2.49. The molecular weight excluding hydrogens is 428 g/mol. The topological polar surface area (TPSA) is 105 Å². The maximum Gasteiger partial charge on any atom is 0.243 e. The highest BCUT2D eigenvalue weighted by molar-refractivity contribution is 5.88. The summed E-state index contributed by atoms with van der Waals surface area (Å²) in [6.45, 7) is 0.736. The molecule has 4 N–H and O–H groups in total. The average Bonchev–Trinajstić information content (AvgIpc) is 2.79. The predicted molar refractivity (Wildman–Crippen MR) is 135 cm³/mol. The number of likely N-dealkylation sites (N-methyl/N-ethyl adjacent to an activating group) is 1. The SMILES string of the molecule is CN(C)CC=CC(=O)NC1CC(Nc2ncnc(N)c2-c2ccc(Oc3ccccc3)cc2)C1. The second-order valence-electron chi connectivity index (χ2n) is 8.60. The summed E-state index contributed by atoms with van der Waals surface area (Å²) in [5, 5.41) is 6.50. The number of hydrogen-bond donors (Lipinski definition) is 3. The summed E-state index contributed by atoms with van der Waals surface area (Å²) in [6, 6.07) is 17.7. The Labute approximate surface area is 199 Å². The smallest absolute Gasteiger partial charge is 0.243 e. The first-order valence-corrected chi connectivity index (χ1v) is 11.3. The first-order chi connectivity index (χ1) is 16.5. The van der Waals surface area contributed by atoms with Crippen molar-refractivity contribution in [2.45, 2.75) is 24.9 Å². The van der Waals surface area contributed by atoms with E-state index in [1.165, 1.54) is 6.33 Å². The van der Waals surface area contributed by atoms with Crippen molar-refractivity contribution in [3.8, 4) is 22.6 Å². The largest absolute Gasteiger partial charge is 0.457 e. The number of hydrogen-bond acceptors (Lipinski definition) is 7. The first-order valence-electron chi connectivity index (χ1n) is 11.3. The number of ether oxygens (including phenoxy) is 1. The minimum atomic E-state index is -0.0601. The standard InChI is InChI=1S/C26H30N6O2/c1-32(2)14-6-9-23(33)30-19-15-20(16-19)31-26-24(25(27)28-17-29-26)18-10-12-22(13-11-18)34-21-7-4-3-5-8-21/h3-13,17,19-20H,14-16H2,1-2H3,(H,30,33)(H3,27,28,29,31). The molecule has 0 atom stereocenters. The molecule has 3 aromatic rings. The molecule has 2 aromatic carbocycles. The molecule has 1 saturated carbocycles. The number of nitrogens with zero attached hydrogens (tertiary/aromatic N) is 3. The number of nitrogens with two attached hydrogens (primary N) is 1. The lowest BCUT2D eigenvalue weighted by atomic mass is 9.86. The highest BCUT2D eigenvalue weighted by Gasteiger charge is 2.31. The van der Waals surface area contributed by atoms with Crippen LogP contribution < -0.4 is 21.1 Å². The van der Waals surface area contributed by atoms with Crippen LogP contribution in [0.3, 0.4) is 0 Å². The Hall–Kier alpha value is -3.91. The molecule has 0 unspecified atom stereocenters. The Morgan fingerprint density at radius 2 is 1.76 bits per heavy atom. The Bertz CT molecular complexity index is 1130. The molecule has 0 radical (unpaired) electrons. The number of carbonyl (C=O) groups is 1. The Balaban J connectivity index is 1.37. The molecule has 1 aromatic heterocycles. The second kappa shape index (κ2) is 10.8. The van der Waals surface area contributed by atoms with E-state index in [2.05, 4.69) is 20.6 Å². The van der Waals surface area contributed by atoms with Gasteiger partial charge in [0.15, 0.2) is 0 Å². The lowest BCUT2D eigenvalue weighted by Gasteiger charge is -2.36. The number of benzene rings is 2. The molecule has 8 heteroatoms. The zero-order valence-corrected chi connectivity index (χ0v) is 19.4. The van der Waals surface area contributed by atoms with E-state index < -0.39 is 0 Å². The van der Waals surface area contributed by atoms with Gasteiger partial charge >= 0.3 is 0 Å². The molecule has 0 bridgehead atoms. The number of para-hydroxylation sites is 1. The molecule has 1 aliphatic carbocycles. The van der Waals surface area contributed by atoms with Gasteiger partial charge in [-0.1, -0.05) is 36.4 Å². The molecule has 1 aliphatic rings. The molecule has 176 valence electrons. The van der Waals surface area contributed by atoms with Crippen LogP contribution in [0.15, 0.2) is 73.1 Å². The molecule has 34 heavy (non-hydrogen) atoms. The van der Waals surface area contributed by atoms with Crippen molar-refractivity contribution in [2.24, 2.45) is 0 Å². The van der Waals surface area contributed by atoms with E-state index in [1.807, 2.05) is 79.7 Å². The third-order valence-corrected chi connectivity index (χ3v) is 5.56. The summed E-state index contributed by atoms with van der Waals surface area (Å²) >= 11 is 0. The van der Waals surface area contributed by atoms with E-state index in [1.54, 1.807) is 6.08 Å². The third kappa shape index (κ3) is 6.11. The molecular formula is C26H30N6O2. The van der Waals surface area contributed by atoms with Crippen LogP contribution in [0.4, 0.5) is 11.6 Å². The summed E-state index contributed by atoms with van der Waals surface area (Å²) in [7, 11) is 3.93. The van der Waals surface area contributed by atoms with Crippen LogP contribution in [0.1, 0.15) is 12.8 Å². The van der Waals surface area contributed by atoms with Crippen molar-refractivity contribution in [2.75, 3.05) is 31.7 Å². The van der Waals surface area contributed by atoms with Gasteiger partial charge in [-0.2, -0.15) is 0 Å². The molecule has 0 aliphatic heterocycles. The number of anilines is 2. The van der Waals surface area contributed by atoms with Gasteiger partial charge in [-0.05, 0) is 56.8 Å². The maximum atomic E-state index is 12.0. The van der Waals surface area contributed by atoms with Gasteiger partial charge < -0.3 is 26.0 Å². The quantitative estimate of drug-likeness (QED) is 0.420. The van der Waals surface area contributed by atoms with E-state index in [0.717, 1.165) is 42.0 Å². The van der Waals surface area contributed by atoms with Gasteiger partial charge in [-0.3, -0.25) is 4.79 Å². The Morgan fingerprint density at radius 3 is 2.47 bits per heavy atom. The number of rotatable bonds is 9. The highest BCUT2D eigenvalue weighted by Crippen LogP contribution is 2.34. The number of amides is 1. The molecule has 4 rings (SSSR count). The number of nitrogen functional groups attached to an aromatic ring is 1. The first kappa shape index (κ1) is 23.3. The van der Waals surface area contributed by atoms with Crippen LogP contribution in [0, 0.1) is 0 Å². The molecule has 1 fully saturated rings. The monoisotopic (exact) mass is 458 g/mol. The summed E-state index contributed by atoms with van der Waals surface area (Å²) in [6.07, 6.45) is 6.55. The van der Waals surface area contributed by atoms with E-state index >= 15 is 0 Å². The fourth-order valence-electron chi connectivity index (χ4n) is 3.77. The van der Waals surface area contributed by atoms with Crippen LogP contribution in [0.2, 0.25) is 0 Å². The van der Waals surface area contributed by atoms with Crippen molar-refractivity contribution in [3.63, 3.8) is 0 Å².